The molecule has 1 aromatic rings. The first kappa shape index (κ1) is 22.1. The lowest BCUT2D eigenvalue weighted by Gasteiger charge is -2.13. The molecule has 3 N–H and O–H groups in total. The maximum atomic E-state index is 11.5. The van der Waals surface area contributed by atoms with Crippen LogP contribution in [0.1, 0.15) is 57.4 Å². The van der Waals surface area contributed by atoms with Crippen molar-refractivity contribution in [1.82, 2.24) is 16.0 Å². The van der Waals surface area contributed by atoms with E-state index in [-0.39, 0.29) is 12.5 Å². The van der Waals surface area contributed by atoms with Crippen molar-refractivity contribution >= 4 is 11.9 Å². The fourth-order valence-corrected chi connectivity index (χ4v) is 3.61. The Morgan fingerprint density at radius 3 is 2.75 bits per heavy atom. The van der Waals surface area contributed by atoms with E-state index in [1.54, 1.807) is 7.05 Å². The summed E-state index contributed by atoms with van der Waals surface area (Å²) in [6, 6.07) is 7.77. The van der Waals surface area contributed by atoms with Crippen LogP contribution < -0.4 is 20.7 Å². The number of carbonyl (C=O) groups is 1. The smallest absolute Gasteiger partial charge is 0.257 e. The molecule has 0 spiro atoms. The highest BCUT2D eigenvalue weighted by Crippen LogP contribution is 2.28. The molecule has 0 aromatic heterocycles. The molecule has 1 saturated carbocycles. The SMILES string of the molecule is CCNC(=O)COc1cccc(CNC(=NC)NCCCCC2CCCC2)c1. The first-order chi connectivity index (χ1) is 13.7. The van der Waals surface area contributed by atoms with Gasteiger partial charge in [-0.3, -0.25) is 9.79 Å². The number of carbonyl (C=O) groups excluding carboxylic acids is 1. The molecule has 1 fully saturated rings. The van der Waals surface area contributed by atoms with Crippen LogP contribution in [0.5, 0.6) is 5.75 Å². The van der Waals surface area contributed by atoms with Crippen LogP contribution in [0.4, 0.5) is 0 Å². The minimum absolute atomic E-state index is 0.0365. The lowest BCUT2D eigenvalue weighted by molar-refractivity contribution is -0.122. The van der Waals surface area contributed by atoms with Gasteiger partial charge in [-0.1, -0.05) is 50.7 Å². The third kappa shape index (κ3) is 8.63. The second-order valence-electron chi connectivity index (χ2n) is 7.39. The molecule has 0 unspecified atom stereocenters. The normalized spacial score (nSPS) is 14.7. The van der Waals surface area contributed by atoms with Crippen LogP contribution in [0, 0.1) is 5.92 Å². The summed E-state index contributed by atoms with van der Waals surface area (Å²) in [6.45, 7) is 4.14. The lowest BCUT2D eigenvalue weighted by atomic mass is 10.0. The van der Waals surface area contributed by atoms with Crippen molar-refractivity contribution in [2.45, 2.75) is 58.4 Å². The van der Waals surface area contributed by atoms with Crippen LogP contribution in [0.3, 0.4) is 0 Å². The number of ether oxygens (including phenoxy) is 1. The maximum Gasteiger partial charge on any atom is 0.257 e. The number of nitrogens with zero attached hydrogens (tertiary/aromatic N) is 1. The quantitative estimate of drug-likeness (QED) is 0.309. The molecule has 1 aliphatic rings. The molecule has 0 bridgehead atoms. The molecular formula is C22H36N4O2. The third-order valence-corrected chi connectivity index (χ3v) is 5.13. The standard InChI is InChI=1S/C22H36N4O2/c1-3-24-21(27)17-28-20-13-8-12-19(15-20)16-26-22(23-2)25-14-7-6-11-18-9-4-5-10-18/h8,12-13,15,18H,3-7,9-11,14,16-17H2,1-2H3,(H,24,27)(H2,23,25,26). The Labute approximate surface area is 169 Å². The molecule has 6 nitrogen and oxygen atoms in total. The summed E-state index contributed by atoms with van der Waals surface area (Å²) in [5.74, 6) is 2.37. The molecule has 156 valence electrons. The number of guanidine groups is 1. The largest absolute Gasteiger partial charge is 0.484 e. The van der Waals surface area contributed by atoms with Crippen LogP contribution in [0.25, 0.3) is 0 Å². The minimum atomic E-state index is -0.108. The number of rotatable bonds is 11. The maximum absolute atomic E-state index is 11.5. The number of aliphatic imine (C=N–C) groups is 1. The lowest BCUT2D eigenvalue weighted by Crippen LogP contribution is -2.37. The van der Waals surface area contributed by atoms with Gasteiger partial charge in [-0.05, 0) is 37.0 Å². The molecule has 6 heteroatoms. The molecule has 2 rings (SSSR count). The second kappa shape index (κ2) is 13.0. The van der Waals surface area contributed by atoms with E-state index in [0.29, 0.717) is 18.8 Å². The van der Waals surface area contributed by atoms with Crippen molar-refractivity contribution < 1.29 is 9.53 Å². The highest BCUT2D eigenvalue weighted by Gasteiger charge is 2.13. The Kier molecular flexibility index (Phi) is 10.3. The van der Waals surface area contributed by atoms with Crippen LogP contribution in [-0.2, 0) is 11.3 Å². The van der Waals surface area contributed by atoms with Gasteiger partial charge in [-0.2, -0.15) is 0 Å². The van der Waals surface area contributed by atoms with Gasteiger partial charge in [-0.25, -0.2) is 0 Å². The summed E-state index contributed by atoms with van der Waals surface area (Å²) in [5.41, 5.74) is 1.08. The van der Waals surface area contributed by atoms with Crippen molar-refractivity contribution in [2.75, 3.05) is 26.7 Å². The van der Waals surface area contributed by atoms with Crippen LogP contribution in [0.2, 0.25) is 0 Å². The van der Waals surface area contributed by atoms with Crippen molar-refractivity contribution in [3.63, 3.8) is 0 Å². The van der Waals surface area contributed by atoms with Gasteiger partial charge in [0.15, 0.2) is 12.6 Å². The summed E-state index contributed by atoms with van der Waals surface area (Å²) in [7, 11) is 1.79. The number of likely N-dealkylation sites (N-methyl/N-ethyl adjacent to an activating group) is 1. The Balaban J connectivity index is 1.64. The van der Waals surface area contributed by atoms with E-state index < -0.39 is 0 Å². The first-order valence-electron chi connectivity index (χ1n) is 10.6. The van der Waals surface area contributed by atoms with Crippen LogP contribution in [-0.4, -0.2) is 38.6 Å². The Hall–Kier alpha value is -2.24. The van der Waals surface area contributed by atoms with Gasteiger partial charge in [0.05, 0.1) is 0 Å². The van der Waals surface area contributed by atoms with E-state index in [4.69, 9.17) is 4.74 Å². The zero-order chi connectivity index (χ0) is 20.0. The third-order valence-electron chi connectivity index (χ3n) is 5.13. The van der Waals surface area contributed by atoms with Crippen molar-refractivity contribution in [3.8, 4) is 5.75 Å². The summed E-state index contributed by atoms with van der Waals surface area (Å²) in [4.78, 5) is 15.8. The number of benzene rings is 1. The molecule has 0 atom stereocenters. The molecule has 28 heavy (non-hydrogen) atoms. The molecule has 1 aliphatic carbocycles. The number of amides is 1. The van der Waals surface area contributed by atoms with Gasteiger partial charge in [0.1, 0.15) is 5.75 Å². The Bertz CT molecular complexity index is 612. The van der Waals surface area contributed by atoms with E-state index in [1.807, 2.05) is 31.2 Å². The first-order valence-corrected chi connectivity index (χ1v) is 10.6. The summed E-state index contributed by atoms with van der Waals surface area (Å²) < 4.78 is 5.54. The molecule has 0 aliphatic heterocycles. The van der Waals surface area contributed by atoms with E-state index in [2.05, 4.69) is 20.9 Å². The van der Waals surface area contributed by atoms with E-state index in [9.17, 15) is 4.79 Å². The van der Waals surface area contributed by atoms with Gasteiger partial charge in [0, 0.05) is 26.7 Å². The molecule has 1 amide bonds. The minimum Gasteiger partial charge on any atom is -0.484 e. The summed E-state index contributed by atoms with van der Waals surface area (Å²) >= 11 is 0. The summed E-state index contributed by atoms with van der Waals surface area (Å²) in [5, 5.41) is 9.44. The van der Waals surface area contributed by atoms with Gasteiger partial charge in [0.25, 0.3) is 5.91 Å². The van der Waals surface area contributed by atoms with E-state index >= 15 is 0 Å². The molecule has 0 radical (unpaired) electrons. The summed E-state index contributed by atoms with van der Waals surface area (Å²) in [6.07, 6.45) is 9.57. The number of hydrogen-bond donors (Lipinski definition) is 3. The van der Waals surface area contributed by atoms with Crippen molar-refractivity contribution in [1.29, 1.82) is 0 Å². The van der Waals surface area contributed by atoms with Gasteiger partial charge < -0.3 is 20.7 Å². The predicted molar refractivity (Wildman–Crippen MR) is 115 cm³/mol. The van der Waals surface area contributed by atoms with Crippen molar-refractivity contribution in [2.24, 2.45) is 10.9 Å². The monoisotopic (exact) mass is 388 g/mol. The van der Waals surface area contributed by atoms with Crippen molar-refractivity contribution in [3.05, 3.63) is 29.8 Å². The van der Waals surface area contributed by atoms with E-state index in [0.717, 1.165) is 24.0 Å². The Morgan fingerprint density at radius 1 is 1.18 bits per heavy atom. The van der Waals surface area contributed by atoms with Gasteiger partial charge in [0.2, 0.25) is 0 Å². The average molecular weight is 389 g/mol. The zero-order valence-electron chi connectivity index (χ0n) is 17.4. The highest BCUT2D eigenvalue weighted by atomic mass is 16.5. The molecular weight excluding hydrogens is 352 g/mol. The second-order valence-corrected chi connectivity index (χ2v) is 7.39. The number of unbranched alkanes of at least 4 members (excludes halogenated alkanes) is 1. The fraction of sp³-hybridized carbons (Fsp3) is 0.636. The van der Waals surface area contributed by atoms with E-state index in [1.165, 1.54) is 44.9 Å². The van der Waals surface area contributed by atoms with Gasteiger partial charge in [-0.15, -0.1) is 0 Å². The van der Waals surface area contributed by atoms with Gasteiger partial charge >= 0.3 is 0 Å². The number of nitrogens with one attached hydrogen (secondary N) is 3. The predicted octanol–water partition coefficient (Wildman–Crippen LogP) is 3.23. The topological polar surface area (TPSA) is 74.8 Å². The highest BCUT2D eigenvalue weighted by molar-refractivity contribution is 5.79. The van der Waals surface area contributed by atoms with Crippen LogP contribution >= 0.6 is 0 Å². The molecule has 1 aromatic carbocycles. The van der Waals surface area contributed by atoms with Crippen LogP contribution in [0.15, 0.2) is 29.3 Å². The average Bonchev–Trinajstić information content (AvgIpc) is 3.22. The Morgan fingerprint density at radius 2 is 2.00 bits per heavy atom. The molecule has 0 heterocycles. The fourth-order valence-electron chi connectivity index (χ4n) is 3.61. The zero-order valence-corrected chi connectivity index (χ0v) is 17.4. The number of hydrogen-bond acceptors (Lipinski definition) is 3. The molecule has 0 saturated heterocycles.